The van der Waals surface area contributed by atoms with Crippen LogP contribution in [0.5, 0.6) is 5.88 Å². The zero-order valence-electron chi connectivity index (χ0n) is 10.8. The van der Waals surface area contributed by atoms with Crippen LogP contribution in [0.4, 0.5) is 5.69 Å². The van der Waals surface area contributed by atoms with Gasteiger partial charge in [0, 0.05) is 12.1 Å². The summed E-state index contributed by atoms with van der Waals surface area (Å²) in [5, 5.41) is 3.56. The molecule has 1 heterocycles. The molecule has 0 bridgehead atoms. The van der Waals surface area contributed by atoms with Gasteiger partial charge < -0.3 is 10.1 Å². The number of nitrogens with zero attached hydrogens (tertiary/aromatic N) is 1. The molecular weight excluding hydrogens is 212 g/mol. The van der Waals surface area contributed by atoms with Crippen molar-refractivity contribution in [1.29, 1.82) is 0 Å². The number of aromatic nitrogens is 1. The Balaban J connectivity index is 1.86. The highest BCUT2D eigenvalue weighted by atomic mass is 16.5. The van der Waals surface area contributed by atoms with Crippen LogP contribution in [0.15, 0.2) is 18.3 Å². The van der Waals surface area contributed by atoms with Gasteiger partial charge in [0.15, 0.2) is 0 Å². The topological polar surface area (TPSA) is 34.1 Å². The Labute approximate surface area is 104 Å². The van der Waals surface area contributed by atoms with E-state index >= 15 is 0 Å². The highest BCUT2D eigenvalue weighted by Gasteiger charge is 2.22. The van der Waals surface area contributed by atoms with Crippen LogP contribution in [-0.4, -0.2) is 17.6 Å². The van der Waals surface area contributed by atoms with Crippen molar-refractivity contribution < 1.29 is 4.74 Å². The number of rotatable bonds is 5. The summed E-state index contributed by atoms with van der Waals surface area (Å²) >= 11 is 0. The fraction of sp³-hybridized carbons (Fsp3) is 0.643. The lowest BCUT2D eigenvalue weighted by molar-refractivity contribution is 0.327. The standard InChI is InChI=1S/C14H22N2O/c1-3-11-5-6-12(9-11)16-13-7-8-14(15-10-13)17-4-2/h7-8,10-12,16H,3-6,9H2,1-2H3. The van der Waals surface area contributed by atoms with Crippen molar-refractivity contribution in [2.45, 2.75) is 45.6 Å². The minimum Gasteiger partial charge on any atom is -0.478 e. The van der Waals surface area contributed by atoms with Crippen LogP contribution in [0.3, 0.4) is 0 Å². The van der Waals surface area contributed by atoms with Gasteiger partial charge in [0.05, 0.1) is 18.5 Å². The molecule has 1 N–H and O–H groups in total. The molecule has 2 rings (SSSR count). The molecule has 3 nitrogen and oxygen atoms in total. The monoisotopic (exact) mass is 234 g/mol. The van der Waals surface area contributed by atoms with Crippen molar-refractivity contribution in [2.24, 2.45) is 5.92 Å². The second kappa shape index (κ2) is 5.89. The van der Waals surface area contributed by atoms with Crippen molar-refractivity contribution in [3.05, 3.63) is 18.3 Å². The molecule has 1 aromatic rings. The molecule has 94 valence electrons. The van der Waals surface area contributed by atoms with Crippen molar-refractivity contribution in [2.75, 3.05) is 11.9 Å². The third-order valence-corrected chi connectivity index (χ3v) is 3.52. The smallest absolute Gasteiger partial charge is 0.213 e. The van der Waals surface area contributed by atoms with Gasteiger partial charge >= 0.3 is 0 Å². The van der Waals surface area contributed by atoms with E-state index in [0.29, 0.717) is 18.5 Å². The summed E-state index contributed by atoms with van der Waals surface area (Å²) in [4.78, 5) is 4.26. The molecule has 0 aromatic carbocycles. The molecule has 1 aliphatic carbocycles. The number of hydrogen-bond acceptors (Lipinski definition) is 3. The molecule has 1 saturated carbocycles. The normalized spacial score (nSPS) is 23.6. The van der Waals surface area contributed by atoms with Crippen LogP contribution in [0.2, 0.25) is 0 Å². The maximum atomic E-state index is 5.33. The fourth-order valence-corrected chi connectivity index (χ4v) is 2.51. The Morgan fingerprint density at radius 1 is 1.35 bits per heavy atom. The molecule has 0 aliphatic heterocycles. The van der Waals surface area contributed by atoms with Crippen LogP contribution < -0.4 is 10.1 Å². The van der Waals surface area contributed by atoms with Gasteiger partial charge in [-0.25, -0.2) is 4.98 Å². The van der Waals surface area contributed by atoms with E-state index in [2.05, 4.69) is 23.3 Å². The molecule has 0 radical (unpaired) electrons. The van der Waals surface area contributed by atoms with E-state index in [0.717, 1.165) is 11.6 Å². The van der Waals surface area contributed by atoms with Gasteiger partial charge in [0.1, 0.15) is 0 Å². The number of nitrogens with one attached hydrogen (secondary N) is 1. The SMILES string of the molecule is CCOc1ccc(NC2CCC(CC)C2)cn1. The number of anilines is 1. The average molecular weight is 234 g/mol. The van der Waals surface area contributed by atoms with E-state index in [9.17, 15) is 0 Å². The third kappa shape index (κ3) is 3.35. The van der Waals surface area contributed by atoms with Crippen LogP contribution in [0.1, 0.15) is 39.5 Å². The molecular formula is C14H22N2O. The second-order valence-electron chi connectivity index (χ2n) is 4.75. The molecule has 17 heavy (non-hydrogen) atoms. The van der Waals surface area contributed by atoms with Gasteiger partial charge in [-0.2, -0.15) is 0 Å². The highest BCUT2D eigenvalue weighted by Crippen LogP contribution is 2.30. The Bertz CT molecular complexity index is 337. The largest absolute Gasteiger partial charge is 0.478 e. The summed E-state index contributed by atoms with van der Waals surface area (Å²) < 4.78 is 5.33. The predicted molar refractivity (Wildman–Crippen MR) is 70.4 cm³/mol. The van der Waals surface area contributed by atoms with Gasteiger partial charge in [0.25, 0.3) is 0 Å². The van der Waals surface area contributed by atoms with Gasteiger partial charge in [-0.3, -0.25) is 0 Å². The summed E-state index contributed by atoms with van der Waals surface area (Å²) in [5.41, 5.74) is 1.11. The molecule has 0 spiro atoms. The van der Waals surface area contributed by atoms with Crippen molar-refractivity contribution >= 4 is 5.69 Å². The zero-order chi connectivity index (χ0) is 12.1. The first kappa shape index (κ1) is 12.2. The van der Waals surface area contributed by atoms with E-state index < -0.39 is 0 Å². The summed E-state index contributed by atoms with van der Waals surface area (Å²) in [6.45, 7) is 4.92. The van der Waals surface area contributed by atoms with Gasteiger partial charge in [-0.1, -0.05) is 13.3 Å². The van der Waals surface area contributed by atoms with Crippen molar-refractivity contribution in [3.63, 3.8) is 0 Å². The fourth-order valence-electron chi connectivity index (χ4n) is 2.51. The van der Waals surface area contributed by atoms with E-state index in [4.69, 9.17) is 4.74 Å². The molecule has 3 heteroatoms. The average Bonchev–Trinajstić information content (AvgIpc) is 2.80. The summed E-state index contributed by atoms with van der Waals surface area (Å²) in [5.74, 6) is 1.61. The molecule has 1 aliphatic rings. The number of pyridine rings is 1. The molecule has 1 fully saturated rings. The Morgan fingerprint density at radius 2 is 2.24 bits per heavy atom. The highest BCUT2D eigenvalue weighted by molar-refractivity contribution is 5.43. The maximum absolute atomic E-state index is 5.33. The third-order valence-electron chi connectivity index (χ3n) is 3.52. The molecule has 0 saturated heterocycles. The summed E-state index contributed by atoms with van der Waals surface area (Å²) in [7, 11) is 0. The Morgan fingerprint density at radius 3 is 2.82 bits per heavy atom. The summed E-state index contributed by atoms with van der Waals surface area (Å²) in [6.07, 6.45) is 7.11. The molecule has 0 amide bonds. The lowest BCUT2D eigenvalue weighted by atomic mass is 10.1. The predicted octanol–water partition coefficient (Wildman–Crippen LogP) is 3.47. The van der Waals surface area contributed by atoms with E-state index in [1.54, 1.807) is 0 Å². The van der Waals surface area contributed by atoms with E-state index in [1.165, 1.54) is 25.7 Å². The van der Waals surface area contributed by atoms with E-state index in [-0.39, 0.29) is 0 Å². The Kier molecular flexibility index (Phi) is 4.24. The minimum absolute atomic E-state index is 0.625. The first-order chi connectivity index (χ1) is 8.31. The number of hydrogen-bond donors (Lipinski definition) is 1. The van der Waals surface area contributed by atoms with Gasteiger partial charge in [-0.05, 0) is 38.2 Å². The maximum Gasteiger partial charge on any atom is 0.213 e. The number of ether oxygens (including phenoxy) is 1. The van der Waals surface area contributed by atoms with Gasteiger partial charge in [-0.15, -0.1) is 0 Å². The Hall–Kier alpha value is -1.25. The second-order valence-corrected chi connectivity index (χ2v) is 4.75. The molecule has 1 aromatic heterocycles. The van der Waals surface area contributed by atoms with Crippen LogP contribution >= 0.6 is 0 Å². The summed E-state index contributed by atoms with van der Waals surface area (Å²) in [6, 6.07) is 4.61. The van der Waals surface area contributed by atoms with Crippen LogP contribution in [0, 0.1) is 5.92 Å². The molecule has 2 atom stereocenters. The minimum atomic E-state index is 0.625. The first-order valence-electron chi connectivity index (χ1n) is 6.67. The van der Waals surface area contributed by atoms with Crippen molar-refractivity contribution in [1.82, 2.24) is 4.98 Å². The lowest BCUT2D eigenvalue weighted by Gasteiger charge is -2.14. The van der Waals surface area contributed by atoms with Crippen LogP contribution in [-0.2, 0) is 0 Å². The first-order valence-corrected chi connectivity index (χ1v) is 6.67. The van der Waals surface area contributed by atoms with E-state index in [1.807, 2.05) is 19.2 Å². The van der Waals surface area contributed by atoms with Crippen molar-refractivity contribution in [3.8, 4) is 5.88 Å². The van der Waals surface area contributed by atoms with Gasteiger partial charge in [0.2, 0.25) is 5.88 Å². The quantitative estimate of drug-likeness (QED) is 0.847. The zero-order valence-corrected chi connectivity index (χ0v) is 10.8. The molecule has 2 unspecified atom stereocenters. The van der Waals surface area contributed by atoms with Crippen LogP contribution in [0.25, 0.3) is 0 Å². The lowest BCUT2D eigenvalue weighted by Crippen LogP contribution is -2.15.